The monoisotopic (exact) mass is 330 g/mol. The number of benzene rings is 2. The summed E-state index contributed by atoms with van der Waals surface area (Å²) in [5, 5.41) is 4.14. The Kier molecular flexibility index (Phi) is 6.74. The number of rotatable bonds is 6. The van der Waals surface area contributed by atoms with E-state index in [1.807, 2.05) is 30.9 Å². The molecule has 0 heterocycles. The van der Waals surface area contributed by atoms with Crippen molar-refractivity contribution in [2.45, 2.75) is 17.9 Å². The fourth-order valence-electron chi connectivity index (χ4n) is 2.10. The van der Waals surface area contributed by atoms with Crippen molar-refractivity contribution in [1.29, 1.82) is 0 Å². The highest BCUT2D eigenvalue weighted by atomic mass is 32.2. The fraction of sp³-hybridized carbons (Fsp3) is 0.278. The SMILES string of the molecule is C[C@H](c1ccccc1)N(C)C(=S)NCCSc1ccccc1. The maximum absolute atomic E-state index is 5.49. The molecule has 0 amide bonds. The Morgan fingerprint density at radius 2 is 1.68 bits per heavy atom. The molecule has 1 atom stereocenters. The minimum Gasteiger partial charge on any atom is -0.362 e. The lowest BCUT2D eigenvalue weighted by Gasteiger charge is -2.28. The molecule has 22 heavy (non-hydrogen) atoms. The van der Waals surface area contributed by atoms with Crippen LogP contribution in [-0.2, 0) is 0 Å². The van der Waals surface area contributed by atoms with Crippen molar-refractivity contribution >= 4 is 29.1 Å². The van der Waals surface area contributed by atoms with Gasteiger partial charge in [0.15, 0.2) is 5.11 Å². The van der Waals surface area contributed by atoms with Gasteiger partial charge in [-0.25, -0.2) is 0 Å². The first-order valence-corrected chi connectivity index (χ1v) is 8.81. The van der Waals surface area contributed by atoms with Gasteiger partial charge in [-0.3, -0.25) is 0 Å². The third kappa shape index (κ3) is 5.04. The first kappa shape index (κ1) is 16.8. The third-order valence-electron chi connectivity index (χ3n) is 3.57. The van der Waals surface area contributed by atoms with Crippen LogP contribution in [0.25, 0.3) is 0 Å². The van der Waals surface area contributed by atoms with E-state index in [-0.39, 0.29) is 6.04 Å². The molecule has 0 aliphatic carbocycles. The molecule has 0 radical (unpaired) electrons. The smallest absolute Gasteiger partial charge is 0.169 e. The Morgan fingerprint density at radius 3 is 2.32 bits per heavy atom. The Morgan fingerprint density at radius 1 is 1.09 bits per heavy atom. The van der Waals surface area contributed by atoms with Gasteiger partial charge in [-0.1, -0.05) is 48.5 Å². The molecule has 0 aliphatic rings. The van der Waals surface area contributed by atoms with Crippen LogP contribution in [0.15, 0.2) is 65.6 Å². The number of hydrogen-bond acceptors (Lipinski definition) is 2. The van der Waals surface area contributed by atoms with Crippen LogP contribution in [-0.4, -0.2) is 29.4 Å². The molecule has 2 aromatic carbocycles. The van der Waals surface area contributed by atoms with E-state index in [0.29, 0.717) is 0 Å². The minimum absolute atomic E-state index is 0.267. The third-order valence-corrected chi connectivity index (χ3v) is 5.02. The van der Waals surface area contributed by atoms with Crippen LogP contribution in [0.1, 0.15) is 18.5 Å². The largest absolute Gasteiger partial charge is 0.362 e. The number of nitrogens with zero attached hydrogens (tertiary/aromatic N) is 1. The van der Waals surface area contributed by atoms with Crippen molar-refractivity contribution in [2.24, 2.45) is 0 Å². The van der Waals surface area contributed by atoms with Gasteiger partial charge in [-0.05, 0) is 36.8 Å². The summed E-state index contributed by atoms with van der Waals surface area (Å²) in [6.07, 6.45) is 0. The summed E-state index contributed by atoms with van der Waals surface area (Å²) in [5.41, 5.74) is 1.27. The number of thiocarbonyl (C=S) groups is 1. The van der Waals surface area contributed by atoms with Gasteiger partial charge >= 0.3 is 0 Å². The van der Waals surface area contributed by atoms with Crippen molar-refractivity contribution < 1.29 is 0 Å². The lowest BCUT2D eigenvalue weighted by molar-refractivity contribution is 0.397. The summed E-state index contributed by atoms with van der Waals surface area (Å²) in [7, 11) is 2.04. The van der Waals surface area contributed by atoms with E-state index in [9.17, 15) is 0 Å². The first-order chi connectivity index (χ1) is 10.7. The van der Waals surface area contributed by atoms with E-state index in [1.165, 1.54) is 10.5 Å². The predicted molar refractivity (Wildman–Crippen MR) is 100 cm³/mol. The first-order valence-electron chi connectivity index (χ1n) is 7.42. The van der Waals surface area contributed by atoms with Crippen molar-refractivity contribution in [1.82, 2.24) is 10.2 Å². The van der Waals surface area contributed by atoms with E-state index in [0.717, 1.165) is 17.4 Å². The highest BCUT2D eigenvalue weighted by Gasteiger charge is 2.13. The maximum atomic E-state index is 5.49. The molecule has 1 N–H and O–H groups in total. The summed E-state index contributed by atoms with van der Waals surface area (Å²) in [4.78, 5) is 3.40. The summed E-state index contributed by atoms with van der Waals surface area (Å²) in [6, 6.07) is 21.1. The molecule has 0 aromatic heterocycles. The average molecular weight is 331 g/mol. The van der Waals surface area contributed by atoms with Crippen LogP contribution in [0, 0.1) is 0 Å². The normalized spacial score (nSPS) is 11.7. The van der Waals surface area contributed by atoms with Crippen LogP contribution in [0.3, 0.4) is 0 Å². The zero-order chi connectivity index (χ0) is 15.8. The maximum Gasteiger partial charge on any atom is 0.169 e. The molecule has 0 saturated carbocycles. The molecule has 116 valence electrons. The van der Waals surface area contributed by atoms with Gasteiger partial charge in [-0.2, -0.15) is 0 Å². The Bertz CT molecular complexity index is 572. The van der Waals surface area contributed by atoms with Crippen molar-refractivity contribution in [2.75, 3.05) is 19.3 Å². The van der Waals surface area contributed by atoms with Gasteiger partial charge in [0, 0.05) is 24.2 Å². The topological polar surface area (TPSA) is 15.3 Å². The zero-order valence-corrected chi connectivity index (χ0v) is 14.7. The molecule has 0 bridgehead atoms. The quantitative estimate of drug-likeness (QED) is 0.481. The Hall–Kier alpha value is -1.52. The molecule has 0 spiro atoms. The molecule has 0 aliphatic heterocycles. The lowest BCUT2D eigenvalue weighted by atomic mass is 10.1. The number of nitrogens with one attached hydrogen (secondary N) is 1. The summed E-state index contributed by atoms with van der Waals surface area (Å²) < 4.78 is 0. The molecular weight excluding hydrogens is 308 g/mol. The molecule has 0 fully saturated rings. The van der Waals surface area contributed by atoms with E-state index in [4.69, 9.17) is 12.2 Å². The van der Waals surface area contributed by atoms with Crippen LogP contribution in [0.2, 0.25) is 0 Å². The highest BCUT2D eigenvalue weighted by Crippen LogP contribution is 2.18. The van der Waals surface area contributed by atoms with Crippen molar-refractivity contribution in [3.63, 3.8) is 0 Å². The molecule has 0 unspecified atom stereocenters. The zero-order valence-electron chi connectivity index (χ0n) is 13.0. The molecular formula is C18H22N2S2. The van der Waals surface area contributed by atoms with Crippen LogP contribution in [0.5, 0.6) is 0 Å². The minimum atomic E-state index is 0.267. The molecule has 2 rings (SSSR count). The summed E-state index contributed by atoms with van der Waals surface area (Å²) in [6.45, 7) is 3.03. The number of hydrogen-bond donors (Lipinski definition) is 1. The average Bonchev–Trinajstić information content (AvgIpc) is 2.59. The van der Waals surface area contributed by atoms with Crippen molar-refractivity contribution in [3.05, 3.63) is 66.2 Å². The van der Waals surface area contributed by atoms with E-state index >= 15 is 0 Å². The molecule has 0 saturated heterocycles. The molecule has 4 heteroatoms. The van der Waals surface area contributed by atoms with Crippen LogP contribution in [0.4, 0.5) is 0 Å². The Labute approximate surface area is 142 Å². The van der Waals surface area contributed by atoms with Gasteiger partial charge < -0.3 is 10.2 Å². The predicted octanol–water partition coefficient (Wildman–Crippen LogP) is 4.35. The van der Waals surface area contributed by atoms with Gasteiger partial charge in [0.25, 0.3) is 0 Å². The van der Waals surface area contributed by atoms with Crippen LogP contribution >= 0.6 is 24.0 Å². The van der Waals surface area contributed by atoms with Crippen molar-refractivity contribution in [3.8, 4) is 0 Å². The fourth-order valence-corrected chi connectivity index (χ4v) is 3.15. The molecule has 2 aromatic rings. The summed E-state index contributed by atoms with van der Waals surface area (Å²) >= 11 is 7.33. The van der Waals surface area contributed by atoms with E-state index in [1.54, 1.807) is 0 Å². The second kappa shape index (κ2) is 8.81. The Balaban J connectivity index is 1.75. The number of thioether (sulfide) groups is 1. The van der Waals surface area contributed by atoms with Crippen LogP contribution < -0.4 is 5.32 Å². The van der Waals surface area contributed by atoms with E-state index in [2.05, 4.69) is 65.7 Å². The van der Waals surface area contributed by atoms with Gasteiger partial charge in [-0.15, -0.1) is 11.8 Å². The standard InChI is InChI=1S/C18H22N2S2/c1-15(16-9-5-3-6-10-16)20(2)18(21)19-13-14-22-17-11-7-4-8-12-17/h3-12,15H,13-14H2,1-2H3,(H,19,21)/t15-/m1/s1. The van der Waals surface area contributed by atoms with Gasteiger partial charge in [0.1, 0.15) is 0 Å². The van der Waals surface area contributed by atoms with E-state index < -0.39 is 0 Å². The second-order valence-corrected chi connectivity index (χ2v) is 6.65. The molecule has 2 nitrogen and oxygen atoms in total. The van der Waals surface area contributed by atoms with Gasteiger partial charge in [0.05, 0.1) is 6.04 Å². The highest BCUT2D eigenvalue weighted by molar-refractivity contribution is 7.99. The lowest BCUT2D eigenvalue weighted by Crippen LogP contribution is -2.39. The second-order valence-electron chi connectivity index (χ2n) is 5.09. The summed E-state index contributed by atoms with van der Waals surface area (Å²) in [5.74, 6) is 0.998. The van der Waals surface area contributed by atoms with Gasteiger partial charge in [0.2, 0.25) is 0 Å².